The van der Waals surface area contributed by atoms with Gasteiger partial charge >= 0.3 is 0 Å². The number of aliphatic hydroxyl groups is 1. The second kappa shape index (κ2) is 5.92. The van der Waals surface area contributed by atoms with E-state index in [9.17, 15) is 5.11 Å². The lowest BCUT2D eigenvalue weighted by Crippen LogP contribution is -2.04. The lowest BCUT2D eigenvalue weighted by Gasteiger charge is -2.16. The lowest BCUT2D eigenvalue weighted by atomic mass is 9.94. The summed E-state index contributed by atoms with van der Waals surface area (Å²) in [6.45, 7) is 6.46. The molecule has 1 rings (SSSR count). The van der Waals surface area contributed by atoms with Crippen LogP contribution in [-0.4, -0.2) is 5.11 Å². The Morgan fingerprint density at radius 3 is 2.67 bits per heavy atom. The van der Waals surface area contributed by atoms with Gasteiger partial charge in [0.2, 0.25) is 0 Å². The molecular weight excluding hydrogens is 184 g/mol. The fourth-order valence-electron chi connectivity index (χ4n) is 2.01. The number of aryl methyl sites for hydroxylation is 1. The van der Waals surface area contributed by atoms with Crippen molar-refractivity contribution in [2.75, 3.05) is 0 Å². The molecule has 84 valence electrons. The van der Waals surface area contributed by atoms with Crippen LogP contribution in [-0.2, 0) is 0 Å². The minimum Gasteiger partial charge on any atom is -0.388 e. The van der Waals surface area contributed by atoms with Crippen molar-refractivity contribution in [1.82, 2.24) is 0 Å². The first-order valence-electron chi connectivity index (χ1n) is 5.88. The Labute approximate surface area is 93.1 Å². The van der Waals surface area contributed by atoms with Gasteiger partial charge in [-0.3, -0.25) is 0 Å². The van der Waals surface area contributed by atoms with E-state index in [-0.39, 0.29) is 6.10 Å². The summed E-state index contributed by atoms with van der Waals surface area (Å²) in [5.74, 6) is 0.602. The van der Waals surface area contributed by atoms with E-state index in [0.29, 0.717) is 5.92 Å². The Bertz CT molecular complexity index is 293. The molecule has 1 aromatic rings. The maximum absolute atomic E-state index is 10.0. The monoisotopic (exact) mass is 206 g/mol. The maximum atomic E-state index is 10.0. The fourth-order valence-corrected chi connectivity index (χ4v) is 2.01. The molecule has 0 aliphatic rings. The van der Waals surface area contributed by atoms with Crippen LogP contribution in [0.25, 0.3) is 0 Å². The third-order valence-corrected chi connectivity index (χ3v) is 2.83. The third-order valence-electron chi connectivity index (χ3n) is 2.83. The van der Waals surface area contributed by atoms with Crippen molar-refractivity contribution in [2.45, 2.75) is 46.1 Å². The van der Waals surface area contributed by atoms with Gasteiger partial charge in [0.25, 0.3) is 0 Å². The zero-order valence-electron chi connectivity index (χ0n) is 10.0. The van der Waals surface area contributed by atoms with Crippen LogP contribution in [0.2, 0.25) is 0 Å². The Hall–Kier alpha value is -0.820. The highest BCUT2D eigenvalue weighted by molar-refractivity contribution is 5.23. The Morgan fingerprint density at radius 2 is 2.07 bits per heavy atom. The van der Waals surface area contributed by atoms with Crippen LogP contribution in [0.5, 0.6) is 0 Å². The highest BCUT2D eigenvalue weighted by atomic mass is 16.3. The number of rotatable bonds is 5. The molecule has 1 N–H and O–H groups in total. The first-order valence-corrected chi connectivity index (χ1v) is 5.88. The van der Waals surface area contributed by atoms with E-state index >= 15 is 0 Å². The van der Waals surface area contributed by atoms with E-state index in [1.165, 1.54) is 18.4 Å². The summed E-state index contributed by atoms with van der Waals surface area (Å²) in [5.41, 5.74) is 2.27. The van der Waals surface area contributed by atoms with Gasteiger partial charge in [0.05, 0.1) is 6.10 Å². The van der Waals surface area contributed by atoms with E-state index in [4.69, 9.17) is 0 Å². The molecule has 0 radical (unpaired) electrons. The van der Waals surface area contributed by atoms with E-state index in [1.807, 2.05) is 12.1 Å². The molecule has 0 saturated heterocycles. The van der Waals surface area contributed by atoms with Gasteiger partial charge in [0, 0.05) is 0 Å². The van der Waals surface area contributed by atoms with Crippen LogP contribution < -0.4 is 0 Å². The molecule has 2 unspecified atom stereocenters. The molecule has 2 atom stereocenters. The fraction of sp³-hybridized carbons (Fsp3) is 0.571. The molecule has 1 aromatic carbocycles. The second-order valence-corrected chi connectivity index (χ2v) is 4.56. The molecule has 1 nitrogen and oxygen atoms in total. The normalized spacial score (nSPS) is 14.9. The van der Waals surface area contributed by atoms with Gasteiger partial charge in [-0.05, 0) is 24.8 Å². The maximum Gasteiger partial charge on any atom is 0.0792 e. The van der Waals surface area contributed by atoms with Crippen LogP contribution >= 0.6 is 0 Å². The zero-order chi connectivity index (χ0) is 11.3. The van der Waals surface area contributed by atoms with Crippen LogP contribution in [0, 0.1) is 12.8 Å². The van der Waals surface area contributed by atoms with Crippen molar-refractivity contribution in [2.24, 2.45) is 5.92 Å². The van der Waals surface area contributed by atoms with E-state index in [0.717, 1.165) is 12.0 Å². The van der Waals surface area contributed by atoms with Gasteiger partial charge in [0.1, 0.15) is 0 Å². The highest BCUT2D eigenvalue weighted by Crippen LogP contribution is 2.24. The number of hydrogen-bond donors (Lipinski definition) is 1. The summed E-state index contributed by atoms with van der Waals surface area (Å²) in [5, 5.41) is 10.0. The van der Waals surface area contributed by atoms with Gasteiger partial charge in [-0.15, -0.1) is 0 Å². The van der Waals surface area contributed by atoms with Crippen LogP contribution in [0.1, 0.15) is 50.3 Å². The molecule has 0 aromatic heterocycles. The zero-order valence-corrected chi connectivity index (χ0v) is 10.0. The molecule has 0 aliphatic carbocycles. The van der Waals surface area contributed by atoms with Crippen molar-refractivity contribution < 1.29 is 5.11 Å². The first-order chi connectivity index (χ1) is 7.13. The van der Waals surface area contributed by atoms with Crippen molar-refractivity contribution in [3.05, 3.63) is 35.4 Å². The third kappa shape index (κ3) is 4.05. The Kier molecular flexibility index (Phi) is 4.83. The predicted molar refractivity (Wildman–Crippen MR) is 64.8 cm³/mol. The van der Waals surface area contributed by atoms with Gasteiger partial charge in [0.15, 0.2) is 0 Å². The van der Waals surface area contributed by atoms with Crippen LogP contribution in [0.3, 0.4) is 0 Å². The minimum atomic E-state index is -0.300. The average molecular weight is 206 g/mol. The van der Waals surface area contributed by atoms with Gasteiger partial charge in [-0.25, -0.2) is 0 Å². The van der Waals surface area contributed by atoms with Crippen molar-refractivity contribution in [3.63, 3.8) is 0 Å². The highest BCUT2D eigenvalue weighted by Gasteiger charge is 2.11. The summed E-state index contributed by atoms with van der Waals surface area (Å²) < 4.78 is 0. The molecule has 0 saturated carbocycles. The molecule has 15 heavy (non-hydrogen) atoms. The van der Waals surface area contributed by atoms with E-state index < -0.39 is 0 Å². The lowest BCUT2D eigenvalue weighted by molar-refractivity contribution is 0.145. The summed E-state index contributed by atoms with van der Waals surface area (Å²) in [7, 11) is 0. The van der Waals surface area contributed by atoms with Crippen molar-refractivity contribution in [3.8, 4) is 0 Å². The number of aliphatic hydroxyl groups excluding tert-OH is 1. The van der Waals surface area contributed by atoms with Crippen LogP contribution in [0.4, 0.5) is 0 Å². The topological polar surface area (TPSA) is 20.2 Å². The largest absolute Gasteiger partial charge is 0.388 e. The number of benzene rings is 1. The SMILES string of the molecule is CCCC(C)CC(O)c1cccc(C)c1. The average Bonchev–Trinajstić information content (AvgIpc) is 2.18. The van der Waals surface area contributed by atoms with Gasteiger partial charge < -0.3 is 5.11 Å². The van der Waals surface area contributed by atoms with E-state index in [2.05, 4.69) is 32.9 Å². The first kappa shape index (κ1) is 12.3. The van der Waals surface area contributed by atoms with Crippen molar-refractivity contribution >= 4 is 0 Å². The van der Waals surface area contributed by atoms with Crippen molar-refractivity contribution in [1.29, 1.82) is 0 Å². The molecule has 0 fully saturated rings. The predicted octanol–water partition coefficient (Wildman–Crippen LogP) is 3.85. The van der Waals surface area contributed by atoms with Gasteiger partial charge in [-0.1, -0.05) is 56.5 Å². The molecule has 0 amide bonds. The minimum absolute atomic E-state index is 0.300. The molecular formula is C14H22O. The van der Waals surface area contributed by atoms with Gasteiger partial charge in [-0.2, -0.15) is 0 Å². The summed E-state index contributed by atoms with van der Waals surface area (Å²) in [6, 6.07) is 8.16. The quantitative estimate of drug-likeness (QED) is 0.775. The molecule has 0 heterocycles. The second-order valence-electron chi connectivity index (χ2n) is 4.56. The Balaban J connectivity index is 2.56. The summed E-state index contributed by atoms with van der Waals surface area (Å²) >= 11 is 0. The standard InChI is InChI=1S/C14H22O/c1-4-6-11(2)10-14(15)13-8-5-7-12(3)9-13/h5,7-9,11,14-15H,4,6,10H2,1-3H3. The molecule has 0 aliphatic heterocycles. The molecule has 0 spiro atoms. The smallest absolute Gasteiger partial charge is 0.0792 e. The number of hydrogen-bond acceptors (Lipinski definition) is 1. The summed E-state index contributed by atoms with van der Waals surface area (Å²) in [4.78, 5) is 0. The van der Waals surface area contributed by atoms with E-state index in [1.54, 1.807) is 0 Å². The molecule has 0 bridgehead atoms. The molecule has 1 heteroatoms. The summed E-state index contributed by atoms with van der Waals surface area (Å²) in [6.07, 6.45) is 2.97. The Morgan fingerprint density at radius 1 is 1.33 bits per heavy atom. The van der Waals surface area contributed by atoms with Crippen LogP contribution in [0.15, 0.2) is 24.3 Å².